The molecule has 1 aliphatic heterocycles. The molecule has 0 spiro atoms. The Hall–Kier alpha value is -2.57. The SMILES string of the molecule is Cc1cc(C(=O)N2CCN(S(=O)(=O)c3sc(=O)[nH]c3C)CC2)c2c(C)nn(C)c2n1. The second-order valence-corrected chi connectivity index (χ2v) is 10.5. The summed E-state index contributed by atoms with van der Waals surface area (Å²) in [6.45, 7) is 6.09. The Morgan fingerprint density at radius 3 is 2.43 bits per heavy atom. The lowest BCUT2D eigenvalue weighted by Crippen LogP contribution is -2.50. The Morgan fingerprint density at radius 2 is 1.83 bits per heavy atom. The molecule has 0 aromatic carbocycles. The maximum absolute atomic E-state index is 13.3. The van der Waals surface area contributed by atoms with Gasteiger partial charge in [-0.15, -0.1) is 0 Å². The molecule has 4 heterocycles. The number of aryl methyl sites for hydroxylation is 4. The third kappa shape index (κ3) is 3.34. The van der Waals surface area contributed by atoms with Gasteiger partial charge in [0.1, 0.15) is 0 Å². The quantitative estimate of drug-likeness (QED) is 0.630. The first-order valence-electron chi connectivity index (χ1n) is 9.39. The van der Waals surface area contributed by atoms with Crippen LogP contribution in [0.25, 0.3) is 11.0 Å². The van der Waals surface area contributed by atoms with Gasteiger partial charge < -0.3 is 9.88 Å². The van der Waals surface area contributed by atoms with Gasteiger partial charge in [-0.05, 0) is 26.8 Å². The highest BCUT2D eigenvalue weighted by molar-refractivity contribution is 7.91. The van der Waals surface area contributed by atoms with Crippen molar-refractivity contribution in [1.82, 2.24) is 29.0 Å². The van der Waals surface area contributed by atoms with Crippen LogP contribution in [-0.2, 0) is 17.1 Å². The molecule has 1 amide bonds. The van der Waals surface area contributed by atoms with Gasteiger partial charge in [0, 0.05) is 44.6 Å². The van der Waals surface area contributed by atoms with Crippen molar-refractivity contribution in [2.45, 2.75) is 25.0 Å². The number of aromatic amines is 1. The van der Waals surface area contributed by atoms with Crippen LogP contribution < -0.4 is 4.87 Å². The summed E-state index contributed by atoms with van der Waals surface area (Å²) in [7, 11) is -1.98. The standard InChI is InChI=1S/C18H22N6O4S2/c1-10-9-13(14-11(2)21-22(4)15(14)19-10)16(25)23-5-7-24(8-6-23)30(27,28)17-12(3)20-18(26)29-17/h9H,5-8H2,1-4H3,(H,20,26). The van der Waals surface area contributed by atoms with Gasteiger partial charge in [-0.1, -0.05) is 11.3 Å². The minimum absolute atomic E-state index is 0.0322. The van der Waals surface area contributed by atoms with Crippen LogP contribution in [0.5, 0.6) is 0 Å². The van der Waals surface area contributed by atoms with Crippen LogP contribution in [0.1, 0.15) is 27.4 Å². The predicted octanol–water partition coefficient (Wildman–Crippen LogP) is 0.790. The molecular weight excluding hydrogens is 428 g/mol. The van der Waals surface area contributed by atoms with Crippen LogP contribution in [0.4, 0.5) is 0 Å². The topological polar surface area (TPSA) is 121 Å². The Balaban J connectivity index is 1.58. The second kappa shape index (κ2) is 7.29. The molecule has 0 radical (unpaired) electrons. The summed E-state index contributed by atoms with van der Waals surface area (Å²) in [6.07, 6.45) is 0. The number of hydrogen-bond acceptors (Lipinski definition) is 7. The molecule has 1 fully saturated rings. The number of hydrogen-bond donors (Lipinski definition) is 1. The summed E-state index contributed by atoms with van der Waals surface area (Å²) in [4.78, 5) is 33.0. The molecule has 160 valence electrons. The molecule has 1 saturated heterocycles. The van der Waals surface area contributed by atoms with E-state index in [1.165, 1.54) is 4.31 Å². The first-order valence-corrected chi connectivity index (χ1v) is 11.7. The lowest BCUT2D eigenvalue weighted by atomic mass is 10.1. The van der Waals surface area contributed by atoms with Gasteiger partial charge >= 0.3 is 4.87 Å². The van der Waals surface area contributed by atoms with E-state index in [-0.39, 0.29) is 36.3 Å². The number of nitrogens with zero attached hydrogens (tertiary/aromatic N) is 5. The van der Waals surface area contributed by atoms with Crippen molar-refractivity contribution in [3.05, 3.63) is 38.4 Å². The molecule has 1 aliphatic rings. The van der Waals surface area contributed by atoms with E-state index in [0.717, 1.165) is 11.1 Å². The number of carbonyl (C=O) groups is 1. The van der Waals surface area contributed by atoms with Gasteiger partial charge in [0.05, 0.1) is 16.6 Å². The third-order valence-corrected chi connectivity index (χ3v) is 8.69. The number of rotatable bonds is 3. The fourth-order valence-corrected chi connectivity index (χ4v) is 6.65. The van der Waals surface area contributed by atoms with Crippen molar-refractivity contribution in [2.75, 3.05) is 26.2 Å². The summed E-state index contributed by atoms with van der Waals surface area (Å²) in [6, 6.07) is 1.75. The highest BCUT2D eigenvalue weighted by atomic mass is 32.2. The van der Waals surface area contributed by atoms with Crippen molar-refractivity contribution in [3.8, 4) is 0 Å². The summed E-state index contributed by atoms with van der Waals surface area (Å²) in [5.74, 6) is -0.166. The van der Waals surface area contributed by atoms with Gasteiger partial charge in [-0.25, -0.2) is 13.4 Å². The van der Waals surface area contributed by atoms with Crippen molar-refractivity contribution in [3.63, 3.8) is 0 Å². The zero-order valence-electron chi connectivity index (χ0n) is 17.1. The first-order chi connectivity index (χ1) is 14.1. The number of piperazine rings is 1. The molecule has 12 heteroatoms. The molecule has 10 nitrogen and oxygen atoms in total. The molecule has 1 N–H and O–H groups in total. The molecule has 30 heavy (non-hydrogen) atoms. The maximum atomic E-state index is 13.3. The number of thiazole rings is 1. The molecule has 0 bridgehead atoms. The van der Waals surface area contributed by atoms with E-state index in [0.29, 0.717) is 33.9 Å². The van der Waals surface area contributed by atoms with Crippen molar-refractivity contribution < 1.29 is 13.2 Å². The highest BCUT2D eigenvalue weighted by Gasteiger charge is 2.33. The van der Waals surface area contributed by atoms with Crippen LogP contribution in [0.2, 0.25) is 0 Å². The fraction of sp³-hybridized carbons (Fsp3) is 0.444. The number of H-pyrrole nitrogens is 1. The lowest BCUT2D eigenvalue weighted by molar-refractivity contribution is 0.0699. The number of sulfonamides is 1. The van der Waals surface area contributed by atoms with Crippen LogP contribution in [-0.4, -0.2) is 69.5 Å². The first kappa shape index (κ1) is 20.7. The summed E-state index contributed by atoms with van der Waals surface area (Å²) in [5, 5.41) is 5.09. The fourth-order valence-electron chi connectivity index (χ4n) is 3.79. The van der Waals surface area contributed by atoms with E-state index in [1.807, 2.05) is 13.8 Å². The largest absolute Gasteiger partial charge is 0.336 e. The van der Waals surface area contributed by atoms with Gasteiger partial charge in [-0.2, -0.15) is 9.40 Å². The summed E-state index contributed by atoms with van der Waals surface area (Å²) >= 11 is 0.688. The number of carbonyl (C=O) groups excluding carboxylic acids is 1. The van der Waals surface area contributed by atoms with E-state index in [1.54, 1.807) is 29.6 Å². The van der Waals surface area contributed by atoms with Gasteiger partial charge in [0.2, 0.25) is 0 Å². The zero-order valence-corrected chi connectivity index (χ0v) is 18.7. The molecule has 3 aromatic rings. The minimum Gasteiger partial charge on any atom is -0.336 e. The monoisotopic (exact) mass is 450 g/mol. The number of pyridine rings is 1. The molecule has 3 aromatic heterocycles. The Labute approximate surface area is 177 Å². The van der Waals surface area contributed by atoms with E-state index in [4.69, 9.17) is 0 Å². The van der Waals surface area contributed by atoms with Crippen LogP contribution in [0.15, 0.2) is 15.1 Å². The van der Waals surface area contributed by atoms with Crippen LogP contribution in [0, 0.1) is 20.8 Å². The Morgan fingerprint density at radius 1 is 1.17 bits per heavy atom. The predicted molar refractivity (Wildman–Crippen MR) is 112 cm³/mol. The second-order valence-electron chi connectivity index (χ2n) is 7.34. The van der Waals surface area contributed by atoms with Gasteiger partial charge in [0.15, 0.2) is 9.86 Å². The average Bonchev–Trinajstić information content (AvgIpc) is 3.19. The minimum atomic E-state index is -3.77. The third-order valence-electron chi connectivity index (χ3n) is 5.21. The molecule has 0 aliphatic carbocycles. The molecule has 0 unspecified atom stereocenters. The molecular formula is C18H22N6O4S2. The summed E-state index contributed by atoms with van der Waals surface area (Å²) in [5.41, 5.74) is 2.95. The normalized spacial score (nSPS) is 15.8. The maximum Gasteiger partial charge on any atom is 0.305 e. The van der Waals surface area contributed by atoms with E-state index >= 15 is 0 Å². The molecule has 4 rings (SSSR count). The van der Waals surface area contributed by atoms with E-state index in [9.17, 15) is 18.0 Å². The number of fused-ring (bicyclic) bond motifs is 1. The van der Waals surface area contributed by atoms with Crippen LogP contribution in [0.3, 0.4) is 0 Å². The molecule has 0 saturated carbocycles. The Bertz CT molecular complexity index is 1310. The van der Waals surface area contributed by atoms with E-state index < -0.39 is 14.9 Å². The number of nitrogens with one attached hydrogen (secondary N) is 1. The smallest absolute Gasteiger partial charge is 0.305 e. The average molecular weight is 451 g/mol. The zero-order chi connectivity index (χ0) is 21.8. The van der Waals surface area contributed by atoms with Crippen molar-refractivity contribution in [1.29, 1.82) is 0 Å². The van der Waals surface area contributed by atoms with Crippen LogP contribution >= 0.6 is 11.3 Å². The van der Waals surface area contributed by atoms with Gasteiger partial charge in [0.25, 0.3) is 15.9 Å². The van der Waals surface area contributed by atoms with Crippen molar-refractivity contribution in [2.24, 2.45) is 7.05 Å². The van der Waals surface area contributed by atoms with E-state index in [2.05, 4.69) is 15.1 Å². The molecule has 0 atom stereocenters. The summed E-state index contributed by atoms with van der Waals surface area (Å²) < 4.78 is 28.8. The number of aromatic nitrogens is 4. The van der Waals surface area contributed by atoms with Gasteiger partial charge in [-0.3, -0.25) is 14.3 Å². The lowest BCUT2D eigenvalue weighted by Gasteiger charge is -2.34. The van der Waals surface area contributed by atoms with Crippen molar-refractivity contribution >= 4 is 38.3 Å². The number of amides is 1. The Kier molecular flexibility index (Phi) is 5.03. The highest BCUT2D eigenvalue weighted by Crippen LogP contribution is 2.25.